The second-order valence-corrected chi connectivity index (χ2v) is 4.76. The maximum absolute atomic E-state index is 5.95. The summed E-state index contributed by atoms with van der Waals surface area (Å²) < 4.78 is 0. The van der Waals surface area contributed by atoms with E-state index in [0.717, 1.165) is 33.1 Å². The highest BCUT2D eigenvalue weighted by Gasteiger charge is 2.10. The predicted molar refractivity (Wildman–Crippen MR) is 81.2 cm³/mol. The van der Waals surface area contributed by atoms with Gasteiger partial charge in [0, 0.05) is 22.5 Å². The van der Waals surface area contributed by atoms with Crippen molar-refractivity contribution >= 4 is 27.5 Å². The van der Waals surface area contributed by atoms with Crippen LogP contribution in [0.4, 0.5) is 5.69 Å². The molecule has 0 aliphatic rings. The first-order chi connectivity index (χ1) is 9.83. The van der Waals surface area contributed by atoms with Crippen LogP contribution in [-0.4, -0.2) is 15.2 Å². The number of hydrogen-bond acceptors (Lipinski definition) is 3. The molecular weight excluding hydrogens is 248 g/mol. The number of anilines is 1. The fourth-order valence-electron chi connectivity index (χ4n) is 2.48. The molecule has 0 saturated carbocycles. The van der Waals surface area contributed by atoms with Crippen LogP contribution in [0, 0.1) is 0 Å². The Morgan fingerprint density at radius 2 is 1.90 bits per heavy atom. The molecule has 0 fully saturated rings. The van der Waals surface area contributed by atoms with Crippen molar-refractivity contribution in [3.63, 3.8) is 0 Å². The summed E-state index contributed by atoms with van der Waals surface area (Å²) in [7, 11) is 0. The molecular formula is C16H12N4. The lowest BCUT2D eigenvalue weighted by Crippen LogP contribution is -1.85. The van der Waals surface area contributed by atoms with Crippen LogP contribution < -0.4 is 5.73 Å². The van der Waals surface area contributed by atoms with Gasteiger partial charge in [0.25, 0.3) is 0 Å². The Hall–Kier alpha value is -2.88. The van der Waals surface area contributed by atoms with Gasteiger partial charge in [-0.2, -0.15) is 5.10 Å². The number of fused-ring (bicyclic) bond motifs is 2. The van der Waals surface area contributed by atoms with Gasteiger partial charge in [0.1, 0.15) is 5.69 Å². The summed E-state index contributed by atoms with van der Waals surface area (Å²) >= 11 is 0. The van der Waals surface area contributed by atoms with Gasteiger partial charge in [0.05, 0.1) is 16.7 Å². The molecule has 0 spiro atoms. The largest absolute Gasteiger partial charge is 0.397 e. The quantitative estimate of drug-likeness (QED) is 0.516. The van der Waals surface area contributed by atoms with Crippen LogP contribution in [0.3, 0.4) is 0 Å². The molecule has 3 N–H and O–H groups in total. The van der Waals surface area contributed by atoms with Gasteiger partial charge in [-0.3, -0.25) is 10.1 Å². The summed E-state index contributed by atoms with van der Waals surface area (Å²) in [5.41, 5.74) is 10.4. The van der Waals surface area contributed by atoms with Crippen LogP contribution in [0.1, 0.15) is 0 Å². The van der Waals surface area contributed by atoms with E-state index in [-0.39, 0.29) is 0 Å². The number of rotatable bonds is 1. The Morgan fingerprint density at radius 1 is 1.00 bits per heavy atom. The van der Waals surface area contributed by atoms with Crippen LogP contribution in [-0.2, 0) is 0 Å². The number of benzene rings is 2. The first-order valence-corrected chi connectivity index (χ1v) is 6.41. The van der Waals surface area contributed by atoms with Crippen LogP contribution in [0.15, 0.2) is 54.7 Å². The topological polar surface area (TPSA) is 67.6 Å². The summed E-state index contributed by atoms with van der Waals surface area (Å²) in [6.45, 7) is 0. The molecule has 2 aromatic carbocycles. The monoisotopic (exact) mass is 260 g/mol. The number of aromatic nitrogens is 3. The maximum atomic E-state index is 5.95. The molecule has 0 aliphatic carbocycles. The number of pyridine rings is 1. The van der Waals surface area contributed by atoms with Crippen molar-refractivity contribution in [2.24, 2.45) is 0 Å². The summed E-state index contributed by atoms with van der Waals surface area (Å²) in [4.78, 5) is 4.48. The molecule has 0 unspecified atom stereocenters. The van der Waals surface area contributed by atoms with Crippen molar-refractivity contribution < 1.29 is 0 Å². The lowest BCUT2D eigenvalue weighted by molar-refractivity contribution is 1.12. The van der Waals surface area contributed by atoms with E-state index in [9.17, 15) is 0 Å². The van der Waals surface area contributed by atoms with E-state index in [1.807, 2.05) is 42.6 Å². The van der Waals surface area contributed by atoms with E-state index in [1.54, 1.807) is 0 Å². The van der Waals surface area contributed by atoms with Crippen molar-refractivity contribution in [2.45, 2.75) is 0 Å². The number of para-hydroxylation sites is 2. The molecule has 0 amide bonds. The Labute approximate surface area is 115 Å². The van der Waals surface area contributed by atoms with Crippen LogP contribution in [0.2, 0.25) is 0 Å². The molecule has 0 bridgehead atoms. The smallest absolute Gasteiger partial charge is 0.102 e. The van der Waals surface area contributed by atoms with Gasteiger partial charge in [0.15, 0.2) is 0 Å². The molecule has 4 aromatic rings. The fraction of sp³-hybridized carbons (Fsp3) is 0. The highest BCUT2D eigenvalue weighted by Crippen LogP contribution is 2.29. The van der Waals surface area contributed by atoms with Crippen molar-refractivity contribution in [1.29, 1.82) is 0 Å². The number of hydrogen-bond donors (Lipinski definition) is 2. The Balaban J connectivity index is 1.99. The molecule has 2 aromatic heterocycles. The average molecular weight is 260 g/mol. The van der Waals surface area contributed by atoms with E-state index in [2.05, 4.69) is 27.3 Å². The van der Waals surface area contributed by atoms with Gasteiger partial charge < -0.3 is 5.73 Å². The van der Waals surface area contributed by atoms with E-state index < -0.39 is 0 Å². The Morgan fingerprint density at radius 3 is 2.85 bits per heavy atom. The molecule has 4 nitrogen and oxygen atoms in total. The van der Waals surface area contributed by atoms with Crippen molar-refractivity contribution in [2.75, 3.05) is 5.73 Å². The highest BCUT2D eigenvalue weighted by molar-refractivity contribution is 5.99. The zero-order chi connectivity index (χ0) is 13.5. The normalized spacial score (nSPS) is 11.2. The van der Waals surface area contributed by atoms with Crippen molar-refractivity contribution in [3.8, 4) is 11.3 Å². The number of aromatic amines is 1. The fourth-order valence-corrected chi connectivity index (χ4v) is 2.48. The van der Waals surface area contributed by atoms with Gasteiger partial charge >= 0.3 is 0 Å². The summed E-state index contributed by atoms with van der Waals surface area (Å²) in [5.74, 6) is 0. The number of nitrogen functional groups attached to an aromatic ring is 1. The molecule has 96 valence electrons. The average Bonchev–Trinajstić information content (AvgIpc) is 2.92. The number of nitrogens with one attached hydrogen (secondary N) is 1. The predicted octanol–water partition coefficient (Wildman–Crippen LogP) is 3.36. The van der Waals surface area contributed by atoms with E-state index >= 15 is 0 Å². The second-order valence-electron chi connectivity index (χ2n) is 4.76. The van der Waals surface area contributed by atoms with Gasteiger partial charge in [-0.25, -0.2) is 0 Å². The Bertz CT molecular complexity index is 924. The van der Waals surface area contributed by atoms with Gasteiger partial charge in [-0.1, -0.05) is 30.3 Å². The van der Waals surface area contributed by atoms with Crippen LogP contribution >= 0.6 is 0 Å². The molecule has 2 heterocycles. The number of nitrogens with zero attached hydrogens (tertiary/aromatic N) is 2. The number of H-pyrrole nitrogens is 1. The lowest BCUT2D eigenvalue weighted by atomic mass is 10.1. The molecule has 4 heteroatoms. The van der Waals surface area contributed by atoms with Gasteiger partial charge in [-0.05, 0) is 18.2 Å². The second kappa shape index (κ2) is 4.06. The molecule has 20 heavy (non-hydrogen) atoms. The first-order valence-electron chi connectivity index (χ1n) is 6.41. The van der Waals surface area contributed by atoms with Crippen LogP contribution in [0.5, 0.6) is 0 Å². The summed E-state index contributed by atoms with van der Waals surface area (Å²) in [6.07, 6.45) is 1.85. The zero-order valence-corrected chi connectivity index (χ0v) is 10.7. The van der Waals surface area contributed by atoms with E-state index in [1.165, 1.54) is 0 Å². The minimum atomic E-state index is 0.704. The molecule has 0 saturated heterocycles. The van der Waals surface area contributed by atoms with Crippen molar-refractivity contribution in [3.05, 3.63) is 54.7 Å². The van der Waals surface area contributed by atoms with E-state index in [0.29, 0.717) is 5.69 Å². The van der Waals surface area contributed by atoms with Gasteiger partial charge in [-0.15, -0.1) is 0 Å². The minimum Gasteiger partial charge on any atom is -0.397 e. The lowest BCUT2D eigenvalue weighted by Gasteiger charge is -2.01. The first kappa shape index (κ1) is 11.0. The SMILES string of the molecule is Nc1cccc2c(-c3cnc4ccccc4c3)n[nH]c12. The van der Waals surface area contributed by atoms with E-state index in [4.69, 9.17) is 5.73 Å². The third kappa shape index (κ3) is 1.55. The van der Waals surface area contributed by atoms with Crippen molar-refractivity contribution in [1.82, 2.24) is 15.2 Å². The molecule has 0 aliphatic heterocycles. The minimum absolute atomic E-state index is 0.704. The molecule has 4 rings (SSSR count). The Kier molecular flexibility index (Phi) is 2.23. The summed E-state index contributed by atoms with van der Waals surface area (Å²) in [5, 5.41) is 9.51. The summed E-state index contributed by atoms with van der Waals surface area (Å²) in [6, 6.07) is 16.0. The third-order valence-electron chi connectivity index (χ3n) is 3.50. The number of nitrogens with two attached hydrogens (primary N) is 1. The van der Waals surface area contributed by atoms with Gasteiger partial charge in [0.2, 0.25) is 0 Å². The van der Waals surface area contributed by atoms with Crippen LogP contribution in [0.25, 0.3) is 33.1 Å². The zero-order valence-electron chi connectivity index (χ0n) is 10.7. The highest BCUT2D eigenvalue weighted by atomic mass is 15.1. The molecule has 0 atom stereocenters. The standard InChI is InChI=1S/C16H12N4/c17-13-6-3-5-12-15(19-20-16(12)13)11-8-10-4-1-2-7-14(10)18-9-11/h1-9H,17H2,(H,19,20). The maximum Gasteiger partial charge on any atom is 0.102 e. The third-order valence-corrected chi connectivity index (χ3v) is 3.50. The molecule has 0 radical (unpaired) electrons.